The lowest BCUT2D eigenvalue weighted by Crippen LogP contribution is -2.29. The number of aryl methyl sites for hydroxylation is 1. The summed E-state index contributed by atoms with van der Waals surface area (Å²) >= 11 is 0. The average Bonchev–Trinajstić information content (AvgIpc) is 3.47. The number of carboxylic acids is 2. The first-order valence-electron chi connectivity index (χ1n) is 11.1. The summed E-state index contributed by atoms with van der Waals surface area (Å²) in [6.07, 6.45) is -1.99. The van der Waals surface area contributed by atoms with Crippen LogP contribution in [-0.2, 0) is 9.59 Å². The first kappa shape index (κ1) is 32.3. The molecule has 2 aromatic rings. The van der Waals surface area contributed by atoms with Gasteiger partial charge in [0.05, 0.1) is 18.3 Å². The van der Waals surface area contributed by atoms with Crippen LogP contribution >= 0.6 is 0 Å². The molecule has 0 spiro atoms. The Morgan fingerprint density at radius 2 is 1.61 bits per heavy atom. The van der Waals surface area contributed by atoms with E-state index in [1.165, 1.54) is 0 Å². The van der Waals surface area contributed by atoms with Gasteiger partial charge in [-0.2, -0.15) is 26.3 Å². The minimum absolute atomic E-state index is 0.163. The molecule has 214 valence electrons. The first-order valence-corrected chi connectivity index (χ1v) is 11.1. The van der Waals surface area contributed by atoms with Crippen molar-refractivity contribution in [1.29, 1.82) is 0 Å². The van der Waals surface area contributed by atoms with Crippen molar-refractivity contribution in [3.05, 3.63) is 29.6 Å². The second-order valence-electron chi connectivity index (χ2n) is 8.14. The number of nitrogens with zero attached hydrogens (tertiary/aromatic N) is 4. The molecule has 1 aliphatic carbocycles. The number of carbonyl (C=O) groups excluding carboxylic acids is 1. The van der Waals surface area contributed by atoms with E-state index in [1.807, 2.05) is 13.8 Å². The maximum atomic E-state index is 12.5. The molecule has 2 heterocycles. The number of nitrogens with one attached hydrogen (secondary N) is 2. The molecule has 1 aliphatic rings. The molecule has 12 nitrogen and oxygen atoms in total. The molecule has 0 radical (unpaired) electrons. The number of amides is 1. The molecule has 0 aliphatic heterocycles. The van der Waals surface area contributed by atoms with Crippen LogP contribution in [0.15, 0.2) is 12.4 Å². The second kappa shape index (κ2) is 13.7. The predicted octanol–water partition coefficient (Wildman–Crippen LogP) is 2.90. The fraction of sp³-hybridized carbons (Fsp3) is 0.600. The minimum Gasteiger partial charge on any atom is -0.475 e. The number of aromatic amines is 1. The number of alkyl halides is 6. The third-order valence-corrected chi connectivity index (χ3v) is 5.11. The molecule has 1 atom stereocenters. The summed E-state index contributed by atoms with van der Waals surface area (Å²) in [7, 11) is 0. The zero-order chi connectivity index (χ0) is 29.3. The van der Waals surface area contributed by atoms with Crippen molar-refractivity contribution in [3.63, 3.8) is 0 Å². The number of carbonyl (C=O) groups is 3. The topological polar surface area (TPSA) is 189 Å². The highest BCUT2D eigenvalue weighted by molar-refractivity contribution is 5.92. The predicted molar refractivity (Wildman–Crippen MR) is 117 cm³/mol. The minimum atomic E-state index is -5.08. The Labute approximate surface area is 211 Å². The van der Waals surface area contributed by atoms with Gasteiger partial charge in [-0.1, -0.05) is 12.1 Å². The molecule has 1 fully saturated rings. The molecule has 6 N–H and O–H groups in total. The number of aromatic nitrogens is 5. The Morgan fingerprint density at radius 1 is 1.11 bits per heavy atom. The lowest BCUT2D eigenvalue weighted by molar-refractivity contribution is -0.193. The van der Waals surface area contributed by atoms with E-state index < -0.39 is 24.3 Å². The third kappa shape index (κ3) is 10.7. The maximum absolute atomic E-state index is 12.5. The van der Waals surface area contributed by atoms with E-state index >= 15 is 0 Å². The van der Waals surface area contributed by atoms with Gasteiger partial charge in [-0.05, 0) is 39.0 Å². The standard InChI is InChI=1S/C16H25N7O.2C2HF3O2/c1-3-13(15-18-8-10(2)19-15)20-16(24)14-9-23(22-21-14)12-6-4-11(17)5-7-12;2*3-2(4,5)1(6)7/h8-9,11-13H,3-7,17H2,1-2H3,(H,18,19)(H,20,24);2*(H,6,7). The number of hydrogen-bond acceptors (Lipinski definition) is 7. The van der Waals surface area contributed by atoms with E-state index in [0.717, 1.165) is 43.6 Å². The Hall–Kier alpha value is -3.70. The SMILES string of the molecule is CCC(NC(=O)c1cn(C2CCC(N)CC2)nn1)c1ncc(C)[nH]1.O=C(O)C(F)(F)F.O=C(O)C(F)(F)F. The molecular formula is C20H27F6N7O5. The van der Waals surface area contributed by atoms with Gasteiger partial charge in [0.2, 0.25) is 0 Å². The van der Waals surface area contributed by atoms with Crippen LogP contribution in [0.5, 0.6) is 0 Å². The normalized spacial score (nSPS) is 18.2. The highest BCUT2D eigenvalue weighted by atomic mass is 19.4. The van der Waals surface area contributed by atoms with E-state index in [-0.39, 0.29) is 24.0 Å². The number of nitrogens with two attached hydrogens (primary N) is 1. The van der Waals surface area contributed by atoms with Crippen LogP contribution < -0.4 is 11.1 Å². The van der Waals surface area contributed by atoms with Crippen molar-refractivity contribution < 1.29 is 50.9 Å². The number of halogens is 6. The van der Waals surface area contributed by atoms with Crippen LogP contribution in [0.2, 0.25) is 0 Å². The average molecular weight is 559 g/mol. The number of rotatable bonds is 5. The van der Waals surface area contributed by atoms with E-state index in [2.05, 4.69) is 25.6 Å². The monoisotopic (exact) mass is 559 g/mol. The fourth-order valence-electron chi connectivity index (χ4n) is 3.13. The van der Waals surface area contributed by atoms with Crippen LogP contribution in [0.4, 0.5) is 26.3 Å². The highest BCUT2D eigenvalue weighted by Crippen LogP contribution is 2.27. The Morgan fingerprint density at radius 3 is 2.00 bits per heavy atom. The molecule has 38 heavy (non-hydrogen) atoms. The van der Waals surface area contributed by atoms with Crippen molar-refractivity contribution in [2.75, 3.05) is 0 Å². The largest absolute Gasteiger partial charge is 0.490 e. The van der Waals surface area contributed by atoms with Crippen molar-refractivity contribution >= 4 is 17.8 Å². The second-order valence-corrected chi connectivity index (χ2v) is 8.14. The molecule has 0 saturated heterocycles. The number of imidazole rings is 1. The Bertz CT molecular complexity index is 1040. The fourth-order valence-corrected chi connectivity index (χ4v) is 3.13. The van der Waals surface area contributed by atoms with Gasteiger partial charge in [0.15, 0.2) is 5.69 Å². The van der Waals surface area contributed by atoms with Crippen molar-refractivity contribution in [2.45, 2.75) is 76.4 Å². The van der Waals surface area contributed by atoms with Gasteiger partial charge in [-0.15, -0.1) is 5.10 Å². The number of carboxylic acid groups (broad SMARTS) is 2. The van der Waals surface area contributed by atoms with Crippen LogP contribution in [0.25, 0.3) is 0 Å². The summed E-state index contributed by atoms with van der Waals surface area (Å²) in [4.78, 5) is 37.7. The van der Waals surface area contributed by atoms with Gasteiger partial charge in [0.1, 0.15) is 5.82 Å². The summed E-state index contributed by atoms with van der Waals surface area (Å²) in [5.41, 5.74) is 7.25. The third-order valence-electron chi connectivity index (χ3n) is 5.11. The van der Waals surface area contributed by atoms with Gasteiger partial charge in [0.25, 0.3) is 5.91 Å². The maximum Gasteiger partial charge on any atom is 0.490 e. The zero-order valence-electron chi connectivity index (χ0n) is 20.2. The molecular weight excluding hydrogens is 532 g/mol. The van der Waals surface area contributed by atoms with Gasteiger partial charge in [0, 0.05) is 17.9 Å². The molecule has 0 bridgehead atoms. The number of aliphatic carboxylic acids is 2. The van der Waals surface area contributed by atoms with Gasteiger partial charge >= 0.3 is 24.3 Å². The number of hydrogen-bond donors (Lipinski definition) is 5. The summed E-state index contributed by atoms with van der Waals surface area (Å²) in [5, 5.41) is 25.4. The lowest BCUT2D eigenvalue weighted by atomic mass is 9.92. The smallest absolute Gasteiger partial charge is 0.475 e. The van der Waals surface area contributed by atoms with Gasteiger partial charge in [-0.3, -0.25) is 4.79 Å². The van der Waals surface area contributed by atoms with E-state index in [0.29, 0.717) is 5.69 Å². The summed E-state index contributed by atoms with van der Waals surface area (Å²) in [6, 6.07) is 0.409. The van der Waals surface area contributed by atoms with E-state index in [9.17, 15) is 31.1 Å². The van der Waals surface area contributed by atoms with Crippen LogP contribution in [-0.4, -0.2) is 71.4 Å². The molecule has 0 aromatic carbocycles. The molecule has 3 rings (SSSR count). The van der Waals surface area contributed by atoms with Crippen LogP contribution in [0.1, 0.15) is 73.1 Å². The Kier molecular flexibility index (Phi) is 11.7. The van der Waals surface area contributed by atoms with Crippen molar-refractivity contribution in [1.82, 2.24) is 30.3 Å². The molecule has 1 amide bonds. The number of H-pyrrole nitrogens is 1. The summed E-state index contributed by atoms with van der Waals surface area (Å²) in [6.45, 7) is 3.94. The molecule has 1 saturated carbocycles. The Balaban J connectivity index is 0.000000426. The molecule has 2 aromatic heterocycles. The van der Waals surface area contributed by atoms with Gasteiger partial charge < -0.3 is 26.2 Å². The van der Waals surface area contributed by atoms with Gasteiger partial charge in [-0.25, -0.2) is 19.3 Å². The summed E-state index contributed by atoms with van der Waals surface area (Å²) in [5.74, 6) is -4.98. The quantitative estimate of drug-likeness (QED) is 0.343. The highest BCUT2D eigenvalue weighted by Gasteiger charge is 2.38. The molecule has 18 heteroatoms. The van der Waals surface area contributed by atoms with Crippen molar-refractivity contribution in [2.24, 2.45) is 5.73 Å². The van der Waals surface area contributed by atoms with Crippen LogP contribution in [0.3, 0.4) is 0 Å². The van der Waals surface area contributed by atoms with E-state index in [1.54, 1.807) is 17.1 Å². The first-order chi connectivity index (χ1) is 17.4. The summed E-state index contributed by atoms with van der Waals surface area (Å²) < 4.78 is 65.3. The van der Waals surface area contributed by atoms with Crippen molar-refractivity contribution in [3.8, 4) is 0 Å². The lowest BCUT2D eigenvalue weighted by Gasteiger charge is -2.25. The zero-order valence-corrected chi connectivity index (χ0v) is 20.2. The van der Waals surface area contributed by atoms with E-state index in [4.69, 9.17) is 25.5 Å². The molecule has 1 unspecified atom stereocenters. The van der Waals surface area contributed by atoms with Crippen LogP contribution in [0, 0.1) is 6.92 Å².